The molecule has 2 aromatic carbocycles. The van der Waals surface area contributed by atoms with Gasteiger partial charge < -0.3 is 19.3 Å². The Labute approximate surface area is 176 Å². The fourth-order valence-electron chi connectivity index (χ4n) is 2.35. The predicted molar refractivity (Wildman–Crippen MR) is 111 cm³/mol. The van der Waals surface area contributed by atoms with E-state index in [4.69, 9.17) is 18.5 Å². The van der Waals surface area contributed by atoms with Gasteiger partial charge in [-0.15, -0.1) is 0 Å². The summed E-state index contributed by atoms with van der Waals surface area (Å²) in [6, 6.07) is 17.7. The number of carbonyl (C=O) groups is 2. The molecule has 0 spiro atoms. The van der Waals surface area contributed by atoms with Crippen molar-refractivity contribution in [1.82, 2.24) is 5.32 Å². The molecule has 162 valence electrons. The van der Waals surface area contributed by atoms with E-state index in [9.17, 15) is 14.2 Å². The van der Waals surface area contributed by atoms with Crippen molar-refractivity contribution < 1.29 is 32.7 Å². The van der Waals surface area contributed by atoms with Gasteiger partial charge in [0, 0.05) is 13.0 Å². The standard InChI is InChI=1S/C21H26NO7P/c1-3-20(23)27-17(2)28-30(25,29-19-12-8-5-9-13-19)15-14-22-21(24)26-16-18-10-6-4-7-11-18/h4-13,17H,3,14-16H2,1-2H3,(H,22,24)/t17-,30?/m0/s1. The molecule has 8 nitrogen and oxygen atoms in total. The Hall–Kier alpha value is -2.83. The molecule has 2 rings (SSSR count). The second-order valence-electron chi connectivity index (χ2n) is 6.24. The van der Waals surface area contributed by atoms with Gasteiger partial charge in [0.05, 0.1) is 6.16 Å². The minimum Gasteiger partial charge on any atom is -0.445 e. The summed E-state index contributed by atoms with van der Waals surface area (Å²) in [5, 5.41) is 2.52. The van der Waals surface area contributed by atoms with Crippen molar-refractivity contribution in [2.24, 2.45) is 0 Å². The van der Waals surface area contributed by atoms with E-state index in [-0.39, 0.29) is 25.7 Å². The second kappa shape index (κ2) is 12.0. The van der Waals surface area contributed by atoms with Crippen molar-refractivity contribution in [3.05, 3.63) is 66.2 Å². The third-order valence-electron chi connectivity index (χ3n) is 3.75. The molecule has 0 bridgehead atoms. The highest BCUT2D eigenvalue weighted by atomic mass is 31.2. The Morgan fingerprint density at radius 2 is 1.67 bits per heavy atom. The molecule has 0 aromatic heterocycles. The van der Waals surface area contributed by atoms with Crippen LogP contribution in [0.25, 0.3) is 0 Å². The Balaban J connectivity index is 1.90. The van der Waals surface area contributed by atoms with Crippen LogP contribution < -0.4 is 9.84 Å². The number of benzene rings is 2. The number of carbonyl (C=O) groups excluding carboxylic acids is 2. The van der Waals surface area contributed by atoms with Crippen molar-refractivity contribution >= 4 is 19.7 Å². The minimum absolute atomic E-state index is 0.0216. The smallest absolute Gasteiger partial charge is 0.407 e. The fourth-order valence-corrected chi connectivity index (χ4v) is 3.91. The zero-order valence-corrected chi connectivity index (χ0v) is 17.9. The second-order valence-corrected chi connectivity index (χ2v) is 8.31. The average molecular weight is 435 g/mol. The summed E-state index contributed by atoms with van der Waals surface area (Å²) in [5.41, 5.74) is 0.848. The van der Waals surface area contributed by atoms with E-state index >= 15 is 0 Å². The average Bonchev–Trinajstić information content (AvgIpc) is 2.73. The molecule has 1 unspecified atom stereocenters. The molecule has 0 saturated heterocycles. The molecule has 9 heteroatoms. The van der Waals surface area contributed by atoms with Gasteiger partial charge in [0.2, 0.25) is 6.29 Å². The summed E-state index contributed by atoms with van der Waals surface area (Å²) < 4.78 is 34.3. The number of alkyl carbamates (subject to hydrolysis) is 1. The zero-order chi connectivity index (χ0) is 21.8. The van der Waals surface area contributed by atoms with Crippen molar-refractivity contribution in [2.45, 2.75) is 33.2 Å². The van der Waals surface area contributed by atoms with Gasteiger partial charge in [0.1, 0.15) is 12.4 Å². The summed E-state index contributed by atoms with van der Waals surface area (Å²) in [7, 11) is -3.74. The van der Waals surface area contributed by atoms with Gasteiger partial charge >= 0.3 is 19.7 Å². The molecular weight excluding hydrogens is 409 g/mol. The summed E-state index contributed by atoms with van der Waals surface area (Å²) in [6.07, 6.45) is -1.71. The molecule has 0 aliphatic heterocycles. The molecule has 2 atom stereocenters. The number of amides is 1. The number of hydrogen-bond donors (Lipinski definition) is 1. The van der Waals surface area contributed by atoms with Crippen LogP contribution in [-0.4, -0.2) is 31.1 Å². The molecule has 1 amide bonds. The third-order valence-corrected chi connectivity index (χ3v) is 5.63. The lowest BCUT2D eigenvalue weighted by Gasteiger charge is -2.23. The van der Waals surface area contributed by atoms with Crippen molar-refractivity contribution in [2.75, 3.05) is 12.7 Å². The number of hydrogen-bond acceptors (Lipinski definition) is 7. The van der Waals surface area contributed by atoms with Gasteiger partial charge in [0.15, 0.2) is 0 Å². The molecule has 2 aromatic rings. The predicted octanol–water partition coefficient (Wildman–Crippen LogP) is 4.50. The van der Waals surface area contributed by atoms with Gasteiger partial charge in [-0.1, -0.05) is 55.5 Å². The highest BCUT2D eigenvalue weighted by Gasteiger charge is 2.30. The van der Waals surface area contributed by atoms with E-state index in [1.54, 1.807) is 37.3 Å². The van der Waals surface area contributed by atoms with Crippen molar-refractivity contribution in [3.8, 4) is 5.75 Å². The zero-order valence-electron chi connectivity index (χ0n) is 17.0. The Kier molecular flexibility index (Phi) is 9.38. The lowest BCUT2D eigenvalue weighted by molar-refractivity contribution is -0.161. The molecule has 0 aliphatic carbocycles. The van der Waals surface area contributed by atoms with Gasteiger partial charge in [0.25, 0.3) is 0 Å². The van der Waals surface area contributed by atoms with E-state index in [0.717, 1.165) is 5.56 Å². The SMILES string of the molecule is CCC(=O)O[C@H](C)OP(=O)(CCNC(=O)OCc1ccccc1)Oc1ccccc1. The third kappa shape index (κ3) is 8.68. The lowest BCUT2D eigenvalue weighted by Crippen LogP contribution is -2.28. The number of ether oxygens (including phenoxy) is 2. The van der Waals surface area contributed by atoms with Crippen molar-refractivity contribution in [1.29, 1.82) is 0 Å². The lowest BCUT2D eigenvalue weighted by atomic mass is 10.2. The number of esters is 1. The van der Waals surface area contributed by atoms with Gasteiger partial charge in [-0.25, -0.2) is 9.36 Å². The molecule has 0 aliphatic rings. The van der Waals surface area contributed by atoms with Crippen LogP contribution in [0.15, 0.2) is 60.7 Å². The van der Waals surface area contributed by atoms with E-state index in [2.05, 4.69) is 5.32 Å². The first-order chi connectivity index (χ1) is 14.4. The largest absolute Gasteiger partial charge is 0.445 e. The molecule has 1 N–H and O–H groups in total. The Morgan fingerprint density at radius 1 is 1.03 bits per heavy atom. The van der Waals surface area contributed by atoms with E-state index in [0.29, 0.717) is 5.75 Å². The van der Waals surface area contributed by atoms with Crippen LogP contribution in [0.3, 0.4) is 0 Å². The first-order valence-corrected chi connectivity index (χ1v) is 11.3. The van der Waals surface area contributed by atoms with Crippen LogP contribution in [0, 0.1) is 0 Å². The Bertz CT molecular complexity index is 845. The van der Waals surface area contributed by atoms with E-state index in [1.165, 1.54) is 6.92 Å². The summed E-state index contributed by atoms with van der Waals surface area (Å²) in [5.74, 6) is -0.155. The number of rotatable bonds is 11. The van der Waals surface area contributed by atoms with Crippen LogP contribution in [0.2, 0.25) is 0 Å². The Morgan fingerprint density at radius 3 is 2.30 bits per heavy atom. The monoisotopic (exact) mass is 435 g/mol. The quantitative estimate of drug-likeness (QED) is 0.315. The highest BCUT2D eigenvalue weighted by Crippen LogP contribution is 2.49. The molecule has 30 heavy (non-hydrogen) atoms. The maximum atomic E-state index is 13.2. The molecule has 0 heterocycles. The molecular formula is C21H26NO7P. The summed E-state index contributed by atoms with van der Waals surface area (Å²) in [4.78, 5) is 23.3. The number of para-hydroxylation sites is 1. The first-order valence-electron chi connectivity index (χ1n) is 9.56. The first kappa shape index (κ1) is 23.4. The van der Waals surface area contributed by atoms with Crippen LogP contribution in [-0.2, 0) is 30.0 Å². The minimum atomic E-state index is -3.74. The van der Waals surface area contributed by atoms with Gasteiger partial charge in [-0.05, 0) is 24.6 Å². The molecule has 0 radical (unpaired) electrons. The topological polar surface area (TPSA) is 100 Å². The fraction of sp³-hybridized carbons (Fsp3) is 0.333. The molecule has 0 fully saturated rings. The van der Waals surface area contributed by atoms with Crippen LogP contribution in [0.4, 0.5) is 4.79 Å². The maximum Gasteiger partial charge on any atom is 0.407 e. The van der Waals surface area contributed by atoms with E-state index < -0.39 is 25.9 Å². The van der Waals surface area contributed by atoms with Crippen molar-refractivity contribution in [3.63, 3.8) is 0 Å². The maximum absolute atomic E-state index is 13.2. The summed E-state index contributed by atoms with van der Waals surface area (Å²) >= 11 is 0. The van der Waals surface area contributed by atoms with Crippen LogP contribution in [0.1, 0.15) is 25.8 Å². The van der Waals surface area contributed by atoms with Crippen LogP contribution in [0.5, 0.6) is 5.75 Å². The van der Waals surface area contributed by atoms with Gasteiger partial charge in [-0.2, -0.15) is 0 Å². The molecule has 0 saturated carbocycles. The summed E-state index contributed by atoms with van der Waals surface area (Å²) in [6.45, 7) is 3.19. The van der Waals surface area contributed by atoms with E-state index in [1.807, 2.05) is 30.3 Å². The van der Waals surface area contributed by atoms with Gasteiger partial charge in [-0.3, -0.25) is 9.32 Å². The normalized spacial score (nSPS) is 13.5. The highest BCUT2D eigenvalue weighted by molar-refractivity contribution is 7.54. The van der Waals surface area contributed by atoms with Crippen LogP contribution >= 0.6 is 7.60 Å². The number of nitrogens with one attached hydrogen (secondary N) is 1.